The van der Waals surface area contributed by atoms with Gasteiger partial charge in [0.1, 0.15) is 0 Å². The number of halogens is 3. The second kappa shape index (κ2) is 7.71. The van der Waals surface area contributed by atoms with Crippen molar-refractivity contribution in [3.63, 3.8) is 0 Å². The molecule has 0 aliphatic heterocycles. The van der Waals surface area contributed by atoms with Gasteiger partial charge in [-0.1, -0.05) is 6.92 Å². The van der Waals surface area contributed by atoms with Gasteiger partial charge in [-0.2, -0.15) is 23.4 Å². The third-order valence-corrected chi connectivity index (χ3v) is 3.94. The molecule has 0 fully saturated rings. The molecule has 0 radical (unpaired) electrons. The minimum atomic E-state index is -4.48. The van der Waals surface area contributed by atoms with Crippen molar-refractivity contribution in [2.45, 2.75) is 46.5 Å². The molecule has 2 heterocycles. The van der Waals surface area contributed by atoms with E-state index in [1.54, 1.807) is 20.0 Å². The zero-order chi connectivity index (χ0) is 18.6. The van der Waals surface area contributed by atoms with Gasteiger partial charge in [-0.25, -0.2) is 0 Å². The molecule has 2 rings (SSSR count). The van der Waals surface area contributed by atoms with Gasteiger partial charge in [-0.3, -0.25) is 14.2 Å². The van der Waals surface area contributed by atoms with Crippen LogP contribution in [0.15, 0.2) is 18.3 Å². The van der Waals surface area contributed by atoms with Crippen molar-refractivity contribution in [3.05, 3.63) is 35.4 Å². The molecule has 0 spiro atoms. The van der Waals surface area contributed by atoms with Gasteiger partial charge in [0, 0.05) is 30.7 Å². The molecular weight excluding hydrogens is 335 g/mol. The fraction of sp³-hybridized carbons (Fsp3) is 0.562. The summed E-state index contributed by atoms with van der Waals surface area (Å²) in [4.78, 5) is 12.1. The number of amides is 1. The smallest absolute Gasteiger partial charge is 0.356 e. The highest BCUT2D eigenvalue weighted by Crippen LogP contribution is 2.28. The summed E-state index contributed by atoms with van der Waals surface area (Å²) >= 11 is 0. The van der Waals surface area contributed by atoms with Crippen molar-refractivity contribution >= 4 is 5.91 Å². The SMILES string of the molecule is Cc1ccnn1CCCNC(=O)C(C)Cn1nc(C(F)(F)F)cc1C. The predicted octanol–water partition coefficient (Wildman–Crippen LogP) is 2.56. The normalized spacial score (nSPS) is 13.0. The number of nitrogens with one attached hydrogen (secondary N) is 1. The topological polar surface area (TPSA) is 64.7 Å². The summed E-state index contributed by atoms with van der Waals surface area (Å²) in [6.45, 7) is 6.44. The van der Waals surface area contributed by atoms with Crippen molar-refractivity contribution in [2.75, 3.05) is 6.54 Å². The Bertz CT molecular complexity index is 720. The summed E-state index contributed by atoms with van der Waals surface area (Å²) in [5.41, 5.74) is 0.489. The molecule has 0 aromatic carbocycles. The Morgan fingerprint density at radius 3 is 2.56 bits per heavy atom. The summed E-state index contributed by atoms with van der Waals surface area (Å²) in [7, 11) is 0. The van der Waals surface area contributed by atoms with Crippen LogP contribution >= 0.6 is 0 Å². The number of aryl methyl sites for hydroxylation is 3. The van der Waals surface area contributed by atoms with Crippen LogP contribution in [0.1, 0.15) is 30.4 Å². The molecule has 1 N–H and O–H groups in total. The quantitative estimate of drug-likeness (QED) is 0.775. The van der Waals surface area contributed by atoms with E-state index in [1.807, 2.05) is 17.7 Å². The van der Waals surface area contributed by atoms with Gasteiger partial charge in [-0.05, 0) is 32.4 Å². The van der Waals surface area contributed by atoms with Crippen LogP contribution in [0.2, 0.25) is 0 Å². The molecule has 1 amide bonds. The monoisotopic (exact) mass is 357 g/mol. The molecule has 1 atom stereocenters. The van der Waals surface area contributed by atoms with Crippen LogP contribution in [0.5, 0.6) is 0 Å². The van der Waals surface area contributed by atoms with Crippen LogP contribution in [0.3, 0.4) is 0 Å². The van der Waals surface area contributed by atoms with E-state index in [2.05, 4.69) is 15.5 Å². The highest BCUT2D eigenvalue weighted by atomic mass is 19.4. The van der Waals surface area contributed by atoms with E-state index in [0.29, 0.717) is 18.8 Å². The highest BCUT2D eigenvalue weighted by molar-refractivity contribution is 5.78. The molecule has 1 unspecified atom stereocenters. The average molecular weight is 357 g/mol. The second-order valence-corrected chi connectivity index (χ2v) is 6.09. The summed E-state index contributed by atoms with van der Waals surface area (Å²) in [5, 5.41) is 10.5. The number of aromatic nitrogens is 4. The number of hydrogen-bond donors (Lipinski definition) is 1. The van der Waals surface area contributed by atoms with E-state index in [-0.39, 0.29) is 12.5 Å². The second-order valence-electron chi connectivity index (χ2n) is 6.09. The lowest BCUT2D eigenvalue weighted by molar-refractivity contribution is -0.141. The third kappa shape index (κ3) is 5.07. The molecule has 25 heavy (non-hydrogen) atoms. The first kappa shape index (κ1) is 19.0. The maximum absolute atomic E-state index is 12.7. The fourth-order valence-electron chi connectivity index (χ4n) is 2.42. The molecule has 138 valence electrons. The highest BCUT2D eigenvalue weighted by Gasteiger charge is 2.34. The molecular formula is C16H22F3N5O. The minimum absolute atomic E-state index is 0.103. The van der Waals surface area contributed by atoms with E-state index < -0.39 is 17.8 Å². The Balaban J connectivity index is 1.80. The van der Waals surface area contributed by atoms with E-state index >= 15 is 0 Å². The van der Waals surface area contributed by atoms with Crippen LogP contribution in [-0.4, -0.2) is 32.0 Å². The molecule has 0 bridgehead atoms. The molecule has 0 aliphatic carbocycles. The van der Waals surface area contributed by atoms with Gasteiger partial charge in [0.05, 0.1) is 12.5 Å². The molecule has 0 aliphatic rings. The fourth-order valence-corrected chi connectivity index (χ4v) is 2.42. The molecule has 0 saturated heterocycles. The van der Waals surface area contributed by atoms with Crippen LogP contribution in [0.25, 0.3) is 0 Å². The summed E-state index contributed by atoms with van der Waals surface area (Å²) in [5.74, 6) is -0.688. The number of alkyl halides is 3. The van der Waals surface area contributed by atoms with Crippen molar-refractivity contribution in [3.8, 4) is 0 Å². The lowest BCUT2D eigenvalue weighted by atomic mass is 10.1. The number of rotatable bonds is 7. The van der Waals surface area contributed by atoms with Gasteiger partial charge in [-0.15, -0.1) is 0 Å². The standard InChI is InChI=1S/C16H22F3N5O/c1-11(10-24-13(3)9-14(22-24)16(17,18)19)15(25)20-6-4-8-23-12(2)5-7-21-23/h5,7,9,11H,4,6,8,10H2,1-3H3,(H,20,25). The third-order valence-electron chi connectivity index (χ3n) is 3.94. The first-order valence-electron chi connectivity index (χ1n) is 8.06. The Kier molecular flexibility index (Phi) is 5.86. The van der Waals surface area contributed by atoms with Crippen molar-refractivity contribution in [2.24, 2.45) is 5.92 Å². The summed E-state index contributed by atoms with van der Waals surface area (Å²) < 4.78 is 41.1. The van der Waals surface area contributed by atoms with Gasteiger partial charge in [0.25, 0.3) is 0 Å². The largest absolute Gasteiger partial charge is 0.435 e. The first-order chi connectivity index (χ1) is 11.7. The van der Waals surface area contributed by atoms with Crippen LogP contribution in [-0.2, 0) is 24.1 Å². The number of carbonyl (C=O) groups excluding carboxylic acids is 1. The molecule has 2 aromatic rings. The number of carbonyl (C=O) groups is 1. The Hall–Kier alpha value is -2.32. The van der Waals surface area contributed by atoms with Crippen LogP contribution in [0, 0.1) is 19.8 Å². The number of hydrogen-bond acceptors (Lipinski definition) is 3. The van der Waals surface area contributed by atoms with Gasteiger partial charge in [0.15, 0.2) is 5.69 Å². The lowest BCUT2D eigenvalue weighted by Gasteiger charge is -2.13. The molecule has 0 saturated carbocycles. The lowest BCUT2D eigenvalue weighted by Crippen LogP contribution is -2.33. The summed E-state index contributed by atoms with van der Waals surface area (Å²) in [6, 6.07) is 2.89. The minimum Gasteiger partial charge on any atom is -0.356 e. The van der Waals surface area contributed by atoms with Crippen molar-refractivity contribution in [1.29, 1.82) is 0 Å². The maximum Gasteiger partial charge on any atom is 0.435 e. The van der Waals surface area contributed by atoms with Gasteiger partial charge < -0.3 is 5.32 Å². The Morgan fingerprint density at radius 2 is 2.00 bits per heavy atom. The first-order valence-corrected chi connectivity index (χ1v) is 8.06. The maximum atomic E-state index is 12.7. The zero-order valence-electron chi connectivity index (χ0n) is 14.5. The van der Waals surface area contributed by atoms with E-state index in [4.69, 9.17) is 0 Å². The summed E-state index contributed by atoms with van der Waals surface area (Å²) in [6.07, 6.45) is -2.04. The van der Waals surface area contributed by atoms with Gasteiger partial charge >= 0.3 is 6.18 Å². The van der Waals surface area contributed by atoms with Crippen LogP contribution in [0.4, 0.5) is 13.2 Å². The Labute approximate surface area is 144 Å². The average Bonchev–Trinajstić information content (AvgIpc) is 3.09. The molecule has 2 aromatic heterocycles. The zero-order valence-corrected chi connectivity index (χ0v) is 14.5. The molecule has 6 nitrogen and oxygen atoms in total. The molecule has 9 heteroatoms. The van der Waals surface area contributed by atoms with Gasteiger partial charge in [0.2, 0.25) is 5.91 Å². The van der Waals surface area contributed by atoms with Crippen molar-refractivity contribution in [1.82, 2.24) is 24.9 Å². The van der Waals surface area contributed by atoms with Crippen molar-refractivity contribution < 1.29 is 18.0 Å². The van der Waals surface area contributed by atoms with E-state index in [9.17, 15) is 18.0 Å². The predicted molar refractivity (Wildman–Crippen MR) is 85.7 cm³/mol. The number of nitrogens with zero attached hydrogens (tertiary/aromatic N) is 4. The van der Waals surface area contributed by atoms with E-state index in [1.165, 1.54) is 4.68 Å². The Morgan fingerprint density at radius 1 is 1.28 bits per heavy atom. The van der Waals surface area contributed by atoms with E-state index in [0.717, 1.165) is 18.2 Å². The van der Waals surface area contributed by atoms with Crippen LogP contribution < -0.4 is 5.32 Å².